The first-order chi connectivity index (χ1) is 25.9. The van der Waals surface area contributed by atoms with E-state index in [-0.39, 0.29) is 0 Å². The molecule has 0 amide bonds. The molecule has 0 unspecified atom stereocenters. The van der Waals surface area contributed by atoms with Gasteiger partial charge in [0.15, 0.2) is 0 Å². The van der Waals surface area contributed by atoms with E-state index < -0.39 is 0 Å². The third-order valence-electron chi connectivity index (χ3n) is 10.7. The van der Waals surface area contributed by atoms with Crippen LogP contribution < -0.4 is 11.5 Å². The van der Waals surface area contributed by atoms with Crippen molar-refractivity contribution in [2.45, 2.75) is 97.3 Å². The normalized spacial score (nSPS) is 11.2. The van der Waals surface area contributed by atoms with Crippen molar-refractivity contribution in [2.75, 3.05) is 11.5 Å². The number of unbranched alkanes of at least 4 members (excludes halogenated alkanes) is 4. The second kappa shape index (κ2) is 19.1. The molecule has 0 aromatic heterocycles. The summed E-state index contributed by atoms with van der Waals surface area (Å²) >= 11 is 0. The van der Waals surface area contributed by atoms with Gasteiger partial charge in [0.2, 0.25) is 0 Å². The molecule has 4 N–H and O–H groups in total. The van der Waals surface area contributed by atoms with Gasteiger partial charge in [0, 0.05) is 11.4 Å². The van der Waals surface area contributed by atoms with E-state index in [9.17, 15) is 0 Å². The highest BCUT2D eigenvalue weighted by atomic mass is 14.5. The summed E-state index contributed by atoms with van der Waals surface area (Å²) in [6, 6.07) is 49.5. The van der Waals surface area contributed by atoms with Gasteiger partial charge in [-0.15, -0.1) is 0 Å². The summed E-state index contributed by atoms with van der Waals surface area (Å²) in [7, 11) is 0. The molecule has 2 nitrogen and oxygen atoms in total. The summed E-state index contributed by atoms with van der Waals surface area (Å²) in [6.45, 7) is 4.59. The van der Waals surface area contributed by atoms with Gasteiger partial charge in [-0.05, 0) is 149 Å². The lowest BCUT2D eigenvalue weighted by Crippen LogP contribution is -2.01. The van der Waals surface area contributed by atoms with Crippen LogP contribution >= 0.6 is 0 Å². The summed E-state index contributed by atoms with van der Waals surface area (Å²) in [5.74, 6) is 0. The summed E-state index contributed by atoms with van der Waals surface area (Å²) < 4.78 is 0. The van der Waals surface area contributed by atoms with Crippen molar-refractivity contribution in [3.05, 3.63) is 200 Å². The van der Waals surface area contributed by atoms with Crippen LogP contribution in [0.4, 0.5) is 11.4 Å². The maximum absolute atomic E-state index is 5.89. The smallest absolute Gasteiger partial charge is 0.0314 e. The zero-order valence-corrected chi connectivity index (χ0v) is 32.0. The van der Waals surface area contributed by atoms with Crippen LogP contribution in [-0.4, -0.2) is 0 Å². The van der Waals surface area contributed by atoms with E-state index in [2.05, 4.69) is 123 Å². The van der Waals surface area contributed by atoms with E-state index in [1.54, 1.807) is 0 Å². The minimum Gasteiger partial charge on any atom is -0.399 e. The minimum absolute atomic E-state index is 0.815. The molecule has 2 heteroatoms. The van der Waals surface area contributed by atoms with E-state index in [4.69, 9.17) is 11.5 Å². The quantitative estimate of drug-likeness (QED) is 0.0693. The standard InChI is InChI=1S/C51H58N2/c1-3-5-7-9-46-36-44(19-25-48(46)34-42-15-11-38(12-16-42)31-40-21-27-50(52)28-22-40)33-45-20-26-49(47(37-45)10-8-6-4-2)35-43-17-13-39(14-18-43)32-41-23-29-51(53)30-24-41/h11-30,36-37H,3-10,31-35,52-53H2,1-2H3. The Bertz CT molecular complexity index is 1850. The lowest BCUT2D eigenvalue weighted by Gasteiger charge is -2.15. The number of nitrogens with two attached hydrogens (primary N) is 2. The molecule has 53 heavy (non-hydrogen) atoms. The molecule has 6 aromatic carbocycles. The Morgan fingerprint density at radius 1 is 0.302 bits per heavy atom. The fourth-order valence-corrected chi connectivity index (χ4v) is 7.49. The fourth-order valence-electron chi connectivity index (χ4n) is 7.49. The number of anilines is 2. The first-order valence-electron chi connectivity index (χ1n) is 20.0. The Balaban J connectivity index is 1.15. The number of aryl methyl sites for hydroxylation is 2. The minimum atomic E-state index is 0.815. The molecule has 0 radical (unpaired) electrons. The highest BCUT2D eigenvalue weighted by Gasteiger charge is 2.11. The summed E-state index contributed by atoms with van der Waals surface area (Å²) in [5, 5.41) is 0. The van der Waals surface area contributed by atoms with Gasteiger partial charge in [-0.25, -0.2) is 0 Å². The number of rotatable bonds is 18. The fraction of sp³-hybridized carbons (Fsp3) is 0.294. The third-order valence-corrected chi connectivity index (χ3v) is 10.7. The Morgan fingerprint density at radius 2 is 0.585 bits per heavy atom. The van der Waals surface area contributed by atoms with E-state index in [1.165, 1.54) is 105 Å². The van der Waals surface area contributed by atoms with Crippen LogP contribution in [0.25, 0.3) is 0 Å². The van der Waals surface area contributed by atoms with Crippen LogP contribution in [0.3, 0.4) is 0 Å². The van der Waals surface area contributed by atoms with Crippen molar-refractivity contribution < 1.29 is 0 Å². The molecule has 0 saturated carbocycles. The first kappa shape index (κ1) is 37.7. The van der Waals surface area contributed by atoms with Crippen LogP contribution in [0.5, 0.6) is 0 Å². The first-order valence-corrected chi connectivity index (χ1v) is 20.0. The van der Waals surface area contributed by atoms with E-state index in [0.717, 1.165) is 56.3 Å². The highest BCUT2D eigenvalue weighted by Crippen LogP contribution is 2.25. The van der Waals surface area contributed by atoms with Crippen molar-refractivity contribution in [3.63, 3.8) is 0 Å². The second-order valence-electron chi connectivity index (χ2n) is 15.1. The molecular weight excluding hydrogens is 641 g/mol. The molecular formula is C51H58N2. The van der Waals surface area contributed by atoms with Gasteiger partial charge in [-0.3, -0.25) is 0 Å². The van der Waals surface area contributed by atoms with Crippen molar-refractivity contribution in [3.8, 4) is 0 Å². The lowest BCUT2D eigenvalue weighted by atomic mass is 9.90. The van der Waals surface area contributed by atoms with E-state index >= 15 is 0 Å². The Kier molecular flexibility index (Phi) is 13.6. The van der Waals surface area contributed by atoms with Crippen molar-refractivity contribution in [1.82, 2.24) is 0 Å². The second-order valence-corrected chi connectivity index (χ2v) is 15.1. The van der Waals surface area contributed by atoms with Gasteiger partial charge < -0.3 is 11.5 Å². The van der Waals surface area contributed by atoms with Gasteiger partial charge in [0.1, 0.15) is 0 Å². The Hall–Kier alpha value is -5.08. The predicted octanol–water partition coefficient (Wildman–Crippen LogP) is 12.3. The number of benzene rings is 6. The molecule has 272 valence electrons. The topological polar surface area (TPSA) is 52.0 Å². The molecule has 0 fully saturated rings. The number of nitrogen functional groups attached to an aromatic ring is 2. The van der Waals surface area contributed by atoms with Crippen molar-refractivity contribution >= 4 is 11.4 Å². The predicted molar refractivity (Wildman–Crippen MR) is 228 cm³/mol. The van der Waals surface area contributed by atoms with Crippen LogP contribution in [0.15, 0.2) is 133 Å². The molecule has 0 atom stereocenters. The Morgan fingerprint density at radius 3 is 0.925 bits per heavy atom. The van der Waals surface area contributed by atoms with Crippen LogP contribution in [0, 0.1) is 0 Å². The van der Waals surface area contributed by atoms with E-state index in [0.29, 0.717) is 0 Å². The zero-order chi connectivity index (χ0) is 36.8. The molecule has 0 spiro atoms. The highest BCUT2D eigenvalue weighted by molar-refractivity contribution is 5.44. The number of hydrogen-bond acceptors (Lipinski definition) is 2. The van der Waals surface area contributed by atoms with Gasteiger partial charge >= 0.3 is 0 Å². The van der Waals surface area contributed by atoms with Gasteiger partial charge in [-0.2, -0.15) is 0 Å². The molecule has 6 rings (SSSR count). The molecule has 0 saturated heterocycles. The largest absolute Gasteiger partial charge is 0.399 e. The average molecular weight is 699 g/mol. The van der Waals surface area contributed by atoms with Crippen LogP contribution in [0.2, 0.25) is 0 Å². The number of hydrogen-bond donors (Lipinski definition) is 2. The van der Waals surface area contributed by atoms with Crippen LogP contribution in [-0.2, 0) is 44.9 Å². The monoisotopic (exact) mass is 698 g/mol. The third kappa shape index (κ3) is 11.5. The molecule has 0 aliphatic rings. The maximum atomic E-state index is 5.89. The van der Waals surface area contributed by atoms with Crippen LogP contribution in [0.1, 0.15) is 119 Å². The summed E-state index contributed by atoms with van der Waals surface area (Å²) in [6.07, 6.45) is 14.6. The Labute approximate surface area is 319 Å². The van der Waals surface area contributed by atoms with E-state index in [1.807, 2.05) is 24.3 Å². The van der Waals surface area contributed by atoms with Crippen molar-refractivity contribution in [2.24, 2.45) is 0 Å². The lowest BCUT2D eigenvalue weighted by molar-refractivity contribution is 0.713. The van der Waals surface area contributed by atoms with Crippen molar-refractivity contribution in [1.29, 1.82) is 0 Å². The maximum Gasteiger partial charge on any atom is 0.0314 e. The SMILES string of the molecule is CCCCCc1cc(Cc2ccc(Cc3ccc(Cc4ccc(N)cc4)cc3)c(CCCCC)c2)ccc1Cc1ccc(Cc2ccc(N)cc2)cc1. The molecule has 6 aromatic rings. The molecule has 0 heterocycles. The summed E-state index contributed by atoms with van der Waals surface area (Å²) in [5.41, 5.74) is 30.2. The average Bonchev–Trinajstić information content (AvgIpc) is 3.17. The molecule has 0 aliphatic heterocycles. The molecule has 0 aliphatic carbocycles. The van der Waals surface area contributed by atoms with Gasteiger partial charge in [0.05, 0.1) is 0 Å². The summed E-state index contributed by atoms with van der Waals surface area (Å²) in [4.78, 5) is 0. The van der Waals surface area contributed by atoms with Gasteiger partial charge in [-0.1, -0.05) is 149 Å². The zero-order valence-electron chi connectivity index (χ0n) is 32.0. The molecule has 0 bridgehead atoms. The van der Waals surface area contributed by atoms with Gasteiger partial charge in [0.25, 0.3) is 0 Å².